The van der Waals surface area contributed by atoms with Crippen molar-refractivity contribution < 1.29 is 27.9 Å². The van der Waals surface area contributed by atoms with Crippen LogP contribution in [0.4, 0.5) is 18.9 Å². The molecule has 0 aliphatic carbocycles. The van der Waals surface area contributed by atoms with Crippen LogP contribution in [0.1, 0.15) is 42.6 Å². The number of anilines is 1. The van der Waals surface area contributed by atoms with Crippen LogP contribution in [0.25, 0.3) is 11.1 Å². The quantitative estimate of drug-likeness (QED) is 0.210. The highest BCUT2D eigenvalue weighted by Crippen LogP contribution is 2.32. The van der Waals surface area contributed by atoms with Crippen molar-refractivity contribution in [1.29, 1.82) is 0 Å². The molecule has 0 unspecified atom stereocenters. The van der Waals surface area contributed by atoms with Crippen molar-refractivity contribution >= 4 is 29.3 Å². The van der Waals surface area contributed by atoms with E-state index in [1.54, 1.807) is 23.9 Å². The van der Waals surface area contributed by atoms with E-state index in [2.05, 4.69) is 24.5 Å². The second kappa shape index (κ2) is 13.4. The lowest BCUT2D eigenvalue weighted by molar-refractivity contribution is -0.138. The number of alkyl halides is 3. The van der Waals surface area contributed by atoms with Gasteiger partial charge in [-0.15, -0.1) is 11.8 Å². The number of benzene rings is 3. The predicted octanol–water partition coefficient (Wildman–Crippen LogP) is 7.20. The van der Waals surface area contributed by atoms with Crippen molar-refractivity contribution in [3.63, 3.8) is 0 Å². The van der Waals surface area contributed by atoms with E-state index in [9.17, 15) is 22.8 Å². The van der Waals surface area contributed by atoms with Gasteiger partial charge in [-0.2, -0.15) is 13.2 Å². The molecular weight excluding hydrogens is 513 g/mol. The SMILES string of the molecule is CC[C@H](C)[C@@H](CSc1ccc(-c2ccc(C(F)(F)F)cc2)cc1)Nc1ccc(C(=O)NCCC(=O)O)cc1. The molecule has 9 heteroatoms. The lowest BCUT2D eigenvalue weighted by atomic mass is 10.0. The van der Waals surface area contributed by atoms with Gasteiger partial charge in [0.15, 0.2) is 0 Å². The summed E-state index contributed by atoms with van der Waals surface area (Å²) in [5.74, 6) is -0.0973. The first-order chi connectivity index (χ1) is 18.1. The fourth-order valence-corrected chi connectivity index (χ4v) is 4.84. The molecule has 0 heterocycles. The van der Waals surface area contributed by atoms with Crippen molar-refractivity contribution in [1.82, 2.24) is 5.32 Å². The van der Waals surface area contributed by atoms with Crippen LogP contribution in [0.5, 0.6) is 0 Å². The zero-order chi connectivity index (χ0) is 27.7. The van der Waals surface area contributed by atoms with Gasteiger partial charge in [-0.05, 0) is 65.6 Å². The molecule has 0 spiro atoms. The Hall–Kier alpha value is -3.46. The molecular formula is C29H31F3N2O3S. The Labute approximate surface area is 224 Å². The average molecular weight is 545 g/mol. The molecule has 0 aliphatic heterocycles. The Bertz CT molecular complexity index is 1200. The fourth-order valence-electron chi connectivity index (χ4n) is 3.73. The smallest absolute Gasteiger partial charge is 0.416 e. The van der Waals surface area contributed by atoms with Crippen molar-refractivity contribution in [2.75, 3.05) is 17.6 Å². The number of halogens is 3. The second-order valence-corrected chi connectivity index (χ2v) is 10.1. The third-order valence-electron chi connectivity index (χ3n) is 6.28. The van der Waals surface area contributed by atoms with Gasteiger partial charge >= 0.3 is 12.1 Å². The average Bonchev–Trinajstić information content (AvgIpc) is 2.90. The summed E-state index contributed by atoms with van der Waals surface area (Å²) in [6, 6.07) is 20.2. The number of hydrogen-bond acceptors (Lipinski definition) is 4. The lowest BCUT2D eigenvalue weighted by Crippen LogP contribution is -2.29. The van der Waals surface area contributed by atoms with Gasteiger partial charge < -0.3 is 15.7 Å². The fraction of sp³-hybridized carbons (Fsp3) is 0.310. The summed E-state index contributed by atoms with van der Waals surface area (Å²) in [5.41, 5.74) is 2.27. The first-order valence-electron chi connectivity index (χ1n) is 12.3. The normalized spacial score (nSPS) is 13.0. The molecule has 202 valence electrons. The molecule has 3 aromatic carbocycles. The highest BCUT2D eigenvalue weighted by molar-refractivity contribution is 7.99. The minimum absolute atomic E-state index is 0.0762. The summed E-state index contributed by atoms with van der Waals surface area (Å²) in [6.07, 6.45) is -3.49. The maximum Gasteiger partial charge on any atom is 0.416 e. The summed E-state index contributed by atoms with van der Waals surface area (Å²) in [5, 5.41) is 14.8. The van der Waals surface area contributed by atoms with E-state index >= 15 is 0 Å². The van der Waals surface area contributed by atoms with Crippen LogP contribution in [-0.4, -0.2) is 35.3 Å². The number of carbonyl (C=O) groups is 2. The molecule has 2 atom stereocenters. The van der Waals surface area contributed by atoms with E-state index in [0.717, 1.165) is 46.0 Å². The minimum Gasteiger partial charge on any atom is -0.481 e. The predicted molar refractivity (Wildman–Crippen MR) is 145 cm³/mol. The zero-order valence-electron chi connectivity index (χ0n) is 21.2. The van der Waals surface area contributed by atoms with Crippen LogP contribution in [0, 0.1) is 5.92 Å². The maximum absolute atomic E-state index is 12.8. The van der Waals surface area contributed by atoms with Crippen LogP contribution in [0.15, 0.2) is 77.7 Å². The maximum atomic E-state index is 12.8. The van der Waals surface area contributed by atoms with Crippen LogP contribution >= 0.6 is 11.8 Å². The molecule has 5 nitrogen and oxygen atoms in total. The zero-order valence-corrected chi connectivity index (χ0v) is 22.0. The highest BCUT2D eigenvalue weighted by atomic mass is 32.2. The van der Waals surface area contributed by atoms with Crippen LogP contribution in [0.3, 0.4) is 0 Å². The monoisotopic (exact) mass is 544 g/mol. The van der Waals surface area contributed by atoms with E-state index in [1.165, 1.54) is 12.1 Å². The molecule has 3 N–H and O–H groups in total. The molecule has 0 aliphatic rings. The largest absolute Gasteiger partial charge is 0.481 e. The molecule has 0 saturated heterocycles. The van der Waals surface area contributed by atoms with Gasteiger partial charge in [0.05, 0.1) is 12.0 Å². The Morgan fingerprint density at radius 2 is 1.50 bits per heavy atom. The van der Waals surface area contributed by atoms with Crippen LogP contribution in [0.2, 0.25) is 0 Å². The minimum atomic E-state index is -4.35. The highest BCUT2D eigenvalue weighted by Gasteiger charge is 2.30. The van der Waals surface area contributed by atoms with E-state index in [1.807, 2.05) is 36.4 Å². The number of carboxylic acids is 1. The number of amides is 1. The Kier molecular flexibility index (Phi) is 10.2. The number of carboxylic acid groups (broad SMARTS) is 1. The third kappa shape index (κ3) is 8.55. The van der Waals surface area contributed by atoms with Gasteiger partial charge in [-0.25, -0.2) is 0 Å². The number of nitrogens with one attached hydrogen (secondary N) is 2. The van der Waals surface area contributed by atoms with Crippen molar-refractivity contribution in [2.45, 2.75) is 43.8 Å². The topological polar surface area (TPSA) is 78.4 Å². The number of carbonyl (C=O) groups excluding carboxylic acids is 1. The molecule has 0 aromatic heterocycles. The van der Waals surface area contributed by atoms with Crippen molar-refractivity contribution in [2.24, 2.45) is 5.92 Å². The van der Waals surface area contributed by atoms with Gasteiger partial charge in [-0.3, -0.25) is 9.59 Å². The van der Waals surface area contributed by atoms with E-state index in [0.29, 0.717) is 11.5 Å². The molecule has 0 fully saturated rings. The molecule has 3 rings (SSSR count). The van der Waals surface area contributed by atoms with E-state index < -0.39 is 17.7 Å². The Morgan fingerprint density at radius 3 is 2.03 bits per heavy atom. The first kappa shape index (κ1) is 29.1. The molecule has 38 heavy (non-hydrogen) atoms. The van der Waals surface area contributed by atoms with Crippen LogP contribution in [-0.2, 0) is 11.0 Å². The van der Waals surface area contributed by atoms with Crippen molar-refractivity contribution in [3.8, 4) is 11.1 Å². The van der Waals surface area contributed by atoms with E-state index in [4.69, 9.17) is 5.11 Å². The summed E-state index contributed by atoms with van der Waals surface area (Å²) >= 11 is 1.70. The van der Waals surface area contributed by atoms with Crippen molar-refractivity contribution in [3.05, 3.63) is 83.9 Å². The molecule has 1 amide bonds. The third-order valence-corrected chi connectivity index (χ3v) is 7.42. The van der Waals surface area contributed by atoms with Gasteiger partial charge in [0.1, 0.15) is 0 Å². The van der Waals surface area contributed by atoms with Crippen LogP contribution < -0.4 is 10.6 Å². The van der Waals surface area contributed by atoms with Gasteiger partial charge in [0, 0.05) is 34.5 Å². The van der Waals surface area contributed by atoms with Gasteiger partial charge in [-0.1, -0.05) is 44.5 Å². The molecule has 0 saturated carbocycles. The van der Waals surface area contributed by atoms with Gasteiger partial charge in [0.2, 0.25) is 0 Å². The molecule has 0 radical (unpaired) electrons. The molecule has 0 bridgehead atoms. The van der Waals surface area contributed by atoms with E-state index in [-0.39, 0.29) is 24.9 Å². The number of hydrogen-bond donors (Lipinski definition) is 3. The summed E-state index contributed by atoms with van der Waals surface area (Å²) in [7, 11) is 0. The Balaban J connectivity index is 1.58. The summed E-state index contributed by atoms with van der Waals surface area (Å²) < 4.78 is 38.5. The summed E-state index contributed by atoms with van der Waals surface area (Å²) in [6.45, 7) is 4.39. The lowest BCUT2D eigenvalue weighted by Gasteiger charge is -2.25. The Morgan fingerprint density at radius 1 is 0.921 bits per heavy atom. The second-order valence-electron chi connectivity index (χ2n) is 9.02. The first-order valence-corrected chi connectivity index (χ1v) is 13.3. The molecule has 3 aromatic rings. The number of thioether (sulfide) groups is 1. The number of aliphatic carboxylic acids is 1. The standard InChI is InChI=1S/C29H31F3N2O3S/c1-3-19(2)26(34-24-12-6-22(7-13-24)28(37)33-17-16-27(35)36)18-38-25-14-8-21(9-15-25)20-4-10-23(11-5-20)29(30,31)32/h4-15,19,26,34H,3,16-18H2,1-2H3,(H,33,37)(H,35,36)/t19-,26+/m0/s1. The number of rotatable bonds is 12. The van der Waals surface area contributed by atoms with Gasteiger partial charge in [0.25, 0.3) is 5.91 Å². The summed E-state index contributed by atoms with van der Waals surface area (Å²) in [4.78, 5) is 23.8.